The lowest BCUT2D eigenvalue weighted by Crippen LogP contribution is -3.11. The number of hydrogen-bond acceptors (Lipinski definition) is 3. The van der Waals surface area contributed by atoms with E-state index >= 15 is 0 Å². The summed E-state index contributed by atoms with van der Waals surface area (Å²) in [5.41, 5.74) is 1.87. The number of carbonyl (C=O) groups is 1. The van der Waals surface area contributed by atoms with Crippen molar-refractivity contribution in [3.63, 3.8) is 0 Å². The average molecular weight is 358 g/mol. The fourth-order valence-corrected chi connectivity index (χ4v) is 4.34. The Morgan fingerprint density at radius 2 is 2.00 bits per heavy atom. The zero-order chi connectivity index (χ0) is 17.2. The number of benzene rings is 1. The highest BCUT2D eigenvalue weighted by Gasteiger charge is 2.35. The third-order valence-corrected chi connectivity index (χ3v) is 5.86. The number of hydrazone groups is 1. The predicted octanol–water partition coefficient (Wildman–Crippen LogP) is 2.24. The van der Waals surface area contributed by atoms with E-state index < -0.39 is 0 Å². The molecule has 1 aromatic heterocycles. The van der Waals surface area contributed by atoms with Crippen LogP contribution in [0.2, 0.25) is 0 Å². The molecule has 0 radical (unpaired) electrons. The normalized spacial score (nSPS) is 20.9. The smallest absolute Gasteiger partial charge is 0.298 e. The Morgan fingerprint density at radius 3 is 2.68 bits per heavy atom. The van der Waals surface area contributed by atoms with Crippen molar-refractivity contribution < 1.29 is 14.1 Å². The SMILES string of the molecule is O=C(C[NH+]1CCCC1)N1N=C(c2cccs2)C[C@H]1c1ccc(F)cc1. The Kier molecular flexibility index (Phi) is 4.63. The number of halogens is 1. The minimum Gasteiger partial charge on any atom is -0.327 e. The lowest BCUT2D eigenvalue weighted by Gasteiger charge is -2.23. The van der Waals surface area contributed by atoms with E-state index in [1.807, 2.05) is 17.5 Å². The standard InChI is InChI=1S/C19H20FN3OS/c20-15-7-5-14(6-8-15)17-12-16(18-4-3-11-25-18)21-23(17)19(24)13-22-9-1-2-10-22/h3-8,11,17H,1-2,9-10,12-13H2/p+1/t17-/m0/s1. The molecule has 1 amide bonds. The minimum absolute atomic E-state index is 0.0535. The van der Waals surface area contributed by atoms with E-state index in [1.165, 1.54) is 29.9 Å². The Balaban J connectivity index is 1.59. The van der Waals surface area contributed by atoms with Crippen molar-refractivity contribution in [3.05, 3.63) is 58.0 Å². The zero-order valence-corrected chi connectivity index (χ0v) is 14.8. The molecule has 2 aliphatic heterocycles. The third-order valence-electron chi connectivity index (χ3n) is 4.94. The van der Waals surface area contributed by atoms with Gasteiger partial charge in [0.1, 0.15) is 5.82 Å². The molecule has 130 valence electrons. The van der Waals surface area contributed by atoms with E-state index in [4.69, 9.17) is 0 Å². The van der Waals surface area contributed by atoms with E-state index in [-0.39, 0.29) is 17.8 Å². The quantitative estimate of drug-likeness (QED) is 0.894. The number of carbonyl (C=O) groups excluding carboxylic acids is 1. The molecule has 1 N–H and O–H groups in total. The average Bonchev–Trinajstić information content (AvgIpc) is 3.36. The highest BCUT2D eigenvalue weighted by atomic mass is 32.1. The summed E-state index contributed by atoms with van der Waals surface area (Å²) in [5.74, 6) is -0.210. The van der Waals surface area contributed by atoms with Crippen molar-refractivity contribution in [1.29, 1.82) is 0 Å². The Labute approximate surface area is 150 Å². The van der Waals surface area contributed by atoms with Crippen molar-refractivity contribution in [1.82, 2.24) is 5.01 Å². The highest BCUT2D eigenvalue weighted by Crippen LogP contribution is 2.33. The van der Waals surface area contributed by atoms with Crippen LogP contribution < -0.4 is 4.90 Å². The maximum Gasteiger partial charge on any atom is 0.298 e. The van der Waals surface area contributed by atoms with Crippen LogP contribution in [0, 0.1) is 5.82 Å². The van der Waals surface area contributed by atoms with Gasteiger partial charge in [0.2, 0.25) is 0 Å². The first-order chi connectivity index (χ1) is 12.2. The van der Waals surface area contributed by atoms with Gasteiger partial charge in [0, 0.05) is 19.3 Å². The Bertz CT molecular complexity index is 766. The summed E-state index contributed by atoms with van der Waals surface area (Å²) in [6.07, 6.45) is 3.05. The zero-order valence-electron chi connectivity index (χ0n) is 14.0. The summed E-state index contributed by atoms with van der Waals surface area (Å²) in [6, 6.07) is 10.3. The van der Waals surface area contributed by atoms with Crippen LogP contribution in [-0.4, -0.2) is 36.3 Å². The lowest BCUT2D eigenvalue weighted by atomic mass is 10.0. The topological polar surface area (TPSA) is 37.1 Å². The van der Waals surface area contributed by atoms with Crippen LogP contribution in [0.3, 0.4) is 0 Å². The number of thiophene rings is 1. The first-order valence-electron chi connectivity index (χ1n) is 8.73. The van der Waals surface area contributed by atoms with Crippen LogP contribution in [0.4, 0.5) is 4.39 Å². The van der Waals surface area contributed by atoms with Crippen molar-refractivity contribution in [2.75, 3.05) is 19.6 Å². The molecule has 6 heteroatoms. The largest absolute Gasteiger partial charge is 0.327 e. The van der Waals surface area contributed by atoms with E-state index in [0.29, 0.717) is 13.0 Å². The van der Waals surface area contributed by atoms with Gasteiger partial charge >= 0.3 is 0 Å². The van der Waals surface area contributed by atoms with E-state index in [2.05, 4.69) is 5.10 Å². The molecule has 0 aliphatic carbocycles. The van der Waals surface area contributed by atoms with Gasteiger partial charge < -0.3 is 4.90 Å². The van der Waals surface area contributed by atoms with Gasteiger partial charge in [0.15, 0.2) is 6.54 Å². The van der Waals surface area contributed by atoms with E-state index in [9.17, 15) is 9.18 Å². The second kappa shape index (κ2) is 7.06. The molecule has 0 bridgehead atoms. The number of hydrogen-bond donors (Lipinski definition) is 1. The molecule has 3 heterocycles. The van der Waals surface area contributed by atoms with Crippen LogP contribution in [-0.2, 0) is 4.79 Å². The van der Waals surface area contributed by atoms with Crippen LogP contribution in [0.1, 0.15) is 35.7 Å². The van der Waals surface area contributed by atoms with Crippen molar-refractivity contribution in [2.45, 2.75) is 25.3 Å². The minimum atomic E-state index is -0.263. The first-order valence-corrected chi connectivity index (χ1v) is 9.61. The predicted molar refractivity (Wildman–Crippen MR) is 96.3 cm³/mol. The van der Waals surface area contributed by atoms with Gasteiger partial charge in [-0.1, -0.05) is 18.2 Å². The van der Waals surface area contributed by atoms with Crippen LogP contribution in [0.25, 0.3) is 0 Å². The van der Waals surface area contributed by atoms with Gasteiger partial charge in [-0.2, -0.15) is 5.10 Å². The number of nitrogens with one attached hydrogen (secondary N) is 1. The van der Waals surface area contributed by atoms with Crippen molar-refractivity contribution in [2.24, 2.45) is 5.10 Å². The summed E-state index contributed by atoms with van der Waals surface area (Å²) >= 11 is 1.63. The molecule has 1 saturated heterocycles. The summed E-state index contributed by atoms with van der Waals surface area (Å²) < 4.78 is 13.3. The van der Waals surface area contributed by atoms with Crippen LogP contribution in [0.5, 0.6) is 0 Å². The van der Waals surface area contributed by atoms with Crippen molar-refractivity contribution in [3.8, 4) is 0 Å². The Hall–Kier alpha value is -2.05. The fraction of sp³-hybridized carbons (Fsp3) is 0.368. The molecule has 2 aliphatic rings. The number of likely N-dealkylation sites (tertiary alicyclic amines) is 1. The van der Waals surface area contributed by atoms with Crippen LogP contribution in [0.15, 0.2) is 46.9 Å². The molecule has 4 nitrogen and oxygen atoms in total. The second-order valence-corrected chi connectivity index (χ2v) is 7.62. The monoisotopic (exact) mass is 358 g/mol. The fourth-order valence-electron chi connectivity index (χ4n) is 3.62. The molecule has 1 atom stereocenters. The molecular formula is C19H21FN3OS+. The molecule has 0 spiro atoms. The van der Waals surface area contributed by atoms with Gasteiger partial charge in [0.25, 0.3) is 5.91 Å². The van der Waals surface area contributed by atoms with Crippen LogP contribution >= 0.6 is 11.3 Å². The summed E-state index contributed by atoms with van der Waals surface area (Å²) in [4.78, 5) is 15.3. The van der Waals surface area contributed by atoms with Gasteiger partial charge in [-0.05, 0) is 29.1 Å². The summed E-state index contributed by atoms with van der Waals surface area (Å²) in [5, 5.41) is 8.31. The van der Waals surface area contributed by atoms with Gasteiger partial charge in [-0.3, -0.25) is 4.79 Å². The van der Waals surface area contributed by atoms with Gasteiger partial charge in [0.05, 0.1) is 29.7 Å². The maximum atomic E-state index is 13.3. The number of nitrogens with zero attached hydrogens (tertiary/aromatic N) is 2. The molecule has 1 aromatic carbocycles. The number of amides is 1. The van der Waals surface area contributed by atoms with E-state index in [1.54, 1.807) is 28.5 Å². The molecule has 0 unspecified atom stereocenters. The Morgan fingerprint density at radius 1 is 1.24 bits per heavy atom. The first kappa shape index (κ1) is 16.4. The molecule has 0 saturated carbocycles. The maximum absolute atomic E-state index is 13.3. The number of quaternary nitrogens is 1. The lowest BCUT2D eigenvalue weighted by molar-refractivity contribution is -0.879. The third kappa shape index (κ3) is 3.50. The number of rotatable bonds is 4. The molecule has 1 fully saturated rings. The van der Waals surface area contributed by atoms with Crippen molar-refractivity contribution >= 4 is 23.0 Å². The van der Waals surface area contributed by atoms with Gasteiger partial charge in [-0.25, -0.2) is 9.40 Å². The second-order valence-electron chi connectivity index (χ2n) is 6.67. The summed E-state index contributed by atoms with van der Waals surface area (Å²) in [7, 11) is 0. The molecule has 2 aromatic rings. The van der Waals surface area contributed by atoms with E-state index in [0.717, 1.165) is 29.2 Å². The summed E-state index contributed by atoms with van der Waals surface area (Å²) in [6.45, 7) is 2.60. The highest BCUT2D eigenvalue weighted by molar-refractivity contribution is 7.12. The molecular weight excluding hydrogens is 337 g/mol. The molecule has 25 heavy (non-hydrogen) atoms. The van der Waals surface area contributed by atoms with Gasteiger partial charge in [-0.15, -0.1) is 11.3 Å². The molecule has 4 rings (SSSR count).